The zero-order valence-corrected chi connectivity index (χ0v) is 18.5. The predicted octanol–water partition coefficient (Wildman–Crippen LogP) is 6.55. The van der Waals surface area contributed by atoms with Crippen LogP contribution in [0.15, 0.2) is 83.9 Å². The Bertz CT molecular complexity index is 1360. The number of thioether (sulfide) groups is 1. The van der Waals surface area contributed by atoms with E-state index in [9.17, 15) is 4.79 Å². The predicted molar refractivity (Wildman–Crippen MR) is 131 cm³/mol. The van der Waals surface area contributed by atoms with Gasteiger partial charge in [-0.25, -0.2) is 9.97 Å². The number of rotatable bonds is 5. The number of aromatic nitrogens is 2. The zero-order valence-electron chi connectivity index (χ0n) is 16.8. The lowest BCUT2D eigenvalue weighted by Crippen LogP contribution is -2.14. The Kier molecular flexibility index (Phi) is 5.40. The summed E-state index contributed by atoms with van der Waals surface area (Å²) in [6, 6.07) is 26.0. The van der Waals surface area contributed by atoms with E-state index in [1.807, 2.05) is 66.7 Å². The van der Waals surface area contributed by atoms with E-state index in [1.165, 1.54) is 22.0 Å². The van der Waals surface area contributed by atoms with Crippen molar-refractivity contribution in [2.24, 2.45) is 0 Å². The van der Waals surface area contributed by atoms with Gasteiger partial charge in [0.1, 0.15) is 5.01 Å². The molecule has 0 aliphatic carbocycles. The molecule has 0 unspecified atom stereocenters. The smallest absolute Gasteiger partial charge is 0.234 e. The van der Waals surface area contributed by atoms with Crippen LogP contribution in [-0.4, -0.2) is 21.6 Å². The summed E-state index contributed by atoms with van der Waals surface area (Å²) < 4.78 is 1.17. The topological polar surface area (TPSA) is 54.9 Å². The van der Waals surface area contributed by atoms with Crippen LogP contribution in [0.1, 0.15) is 5.56 Å². The van der Waals surface area contributed by atoms with Gasteiger partial charge in [-0.15, -0.1) is 11.3 Å². The molecule has 4 nitrogen and oxygen atoms in total. The zero-order chi connectivity index (χ0) is 21.2. The van der Waals surface area contributed by atoms with Crippen LogP contribution >= 0.6 is 23.1 Å². The van der Waals surface area contributed by atoms with Gasteiger partial charge in [0, 0.05) is 16.6 Å². The number of nitrogens with one attached hydrogen (secondary N) is 1. The number of para-hydroxylation sites is 2. The molecule has 0 fully saturated rings. The van der Waals surface area contributed by atoms with Crippen LogP contribution in [0, 0.1) is 6.92 Å². The lowest BCUT2D eigenvalue weighted by atomic mass is 10.1. The van der Waals surface area contributed by atoms with E-state index in [0.29, 0.717) is 5.75 Å². The monoisotopic (exact) mass is 441 g/mol. The van der Waals surface area contributed by atoms with Crippen LogP contribution in [-0.2, 0) is 4.79 Å². The van der Waals surface area contributed by atoms with Gasteiger partial charge in [0.05, 0.1) is 26.5 Å². The van der Waals surface area contributed by atoms with Crippen LogP contribution in [0.2, 0.25) is 0 Å². The molecule has 0 radical (unpaired) electrons. The van der Waals surface area contributed by atoms with Gasteiger partial charge in [0.25, 0.3) is 0 Å². The van der Waals surface area contributed by atoms with Crippen molar-refractivity contribution < 1.29 is 4.79 Å². The maximum absolute atomic E-state index is 12.4. The minimum atomic E-state index is -0.0506. The second-order valence-corrected chi connectivity index (χ2v) is 9.22. The van der Waals surface area contributed by atoms with Crippen molar-refractivity contribution in [2.45, 2.75) is 11.9 Å². The fraction of sp³-hybridized carbons (Fsp3) is 0.0800. The highest BCUT2D eigenvalue weighted by atomic mass is 32.2. The fourth-order valence-corrected chi connectivity index (χ4v) is 5.17. The molecule has 6 heteroatoms. The van der Waals surface area contributed by atoms with Gasteiger partial charge in [0.15, 0.2) is 0 Å². The summed E-state index contributed by atoms with van der Waals surface area (Å²) in [5.41, 5.74) is 4.95. The van der Waals surface area contributed by atoms with Gasteiger partial charge in [0.2, 0.25) is 5.91 Å². The van der Waals surface area contributed by atoms with Gasteiger partial charge >= 0.3 is 0 Å². The number of aryl methyl sites for hydroxylation is 1. The maximum atomic E-state index is 12.4. The van der Waals surface area contributed by atoms with Gasteiger partial charge in [-0.05, 0) is 61.0 Å². The lowest BCUT2D eigenvalue weighted by Gasteiger charge is -2.07. The third-order valence-corrected chi connectivity index (χ3v) is 6.96. The molecule has 0 saturated carbocycles. The second kappa shape index (κ2) is 8.49. The van der Waals surface area contributed by atoms with Crippen molar-refractivity contribution in [2.75, 3.05) is 11.1 Å². The van der Waals surface area contributed by atoms with Crippen LogP contribution in [0.3, 0.4) is 0 Å². The number of carbonyl (C=O) groups is 1. The van der Waals surface area contributed by atoms with Crippen molar-refractivity contribution in [3.8, 4) is 10.6 Å². The number of fused-ring (bicyclic) bond motifs is 2. The number of benzene rings is 3. The Balaban J connectivity index is 1.23. The first-order valence-electron chi connectivity index (χ1n) is 9.91. The van der Waals surface area contributed by atoms with Crippen molar-refractivity contribution in [1.82, 2.24) is 9.97 Å². The average Bonchev–Trinajstić information content (AvgIpc) is 3.23. The van der Waals surface area contributed by atoms with Gasteiger partial charge in [-0.1, -0.05) is 42.1 Å². The van der Waals surface area contributed by atoms with Crippen molar-refractivity contribution in [3.05, 3.63) is 84.4 Å². The summed E-state index contributed by atoms with van der Waals surface area (Å²) in [7, 11) is 0. The van der Waals surface area contributed by atoms with Crippen LogP contribution < -0.4 is 5.32 Å². The highest BCUT2D eigenvalue weighted by Crippen LogP contribution is 2.30. The Morgan fingerprint density at radius 2 is 1.68 bits per heavy atom. The van der Waals surface area contributed by atoms with E-state index in [0.717, 1.165) is 37.7 Å². The van der Waals surface area contributed by atoms with Crippen LogP contribution in [0.4, 0.5) is 5.69 Å². The quantitative estimate of drug-likeness (QED) is 0.314. The van der Waals surface area contributed by atoms with Crippen LogP contribution in [0.5, 0.6) is 0 Å². The molecule has 0 spiro atoms. The van der Waals surface area contributed by atoms with E-state index in [1.54, 1.807) is 11.3 Å². The first-order chi connectivity index (χ1) is 15.2. The van der Waals surface area contributed by atoms with Gasteiger partial charge < -0.3 is 5.32 Å². The fourth-order valence-electron chi connectivity index (χ4n) is 3.42. The average molecular weight is 442 g/mol. The Hall–Kier alpha value is -3.22. The summed E-state index contributed by atoms with van der Waals surface area (Å²) in [6.45, 7) is 2.07. The molecular formula is C25H19N3OS2. The number of hydrogen-bond acceptors (Lipinski definition) is 5. The molecule has 152 valence electrons. The SMILES string of the molecule is Cc1cc(SCC(=O)Nc2ccc(-c3nc4ccccc4s3)cc2)nc2ccccc12. The van der Waals surface area contributed by atoms with Crippen LogP contribution in [0.25, 0.3) is 31.7 Å². The molecule has 0 bridgehead atoms. The molecule has 0 saturated heterocycles. The highest BCUT2D eigenvalue weighted by molar-refractivity contribution is 7.99. The third-order valence-electron chi connectivity index (χ3n) is 4.96. The van der Waals surface area contributed by atoms with E-state index < -0.39 is 0 Å². The third kappa shape index (κ3) is 4.31. The minimum Gasteiger partial charge on any atom is -0.325 e. The molecule has 2 heterocycles. The number of nitrogens with zero attached hydrogens (tertiary/aromatic N) is 2. The van der Waals surface area contributed by atoms with Crippen molar-refractivity contribution in [1.29, 1.82) is 0 Å². The number of carbonyl (C=O) groups excluding carboxylic acids is 1. The highest BCUT2D eigenvalue weighted by Gasteiger charge is 2.09. The standard InChI is InChI=1S/C25H19N3OS2/c1-16-14-24(27-20-7-3-2-6-19(16)20)30-15-23(29)26-18-12-10-17(11-13-18)25-28-21-8-4-5-9-22(21)31-25/h2-14H,15H2,1H3,(H,26,29). The number of hydrogen-bond donors (Lipinski definition) is 1. The summed E-state index contributed by atoms with van der Waals surface area (Å²) >= 11 is 3.12. The molecule has 2 aromatic heterocycles. The van der Waals surface area contributed by atoms with Gasteiger partial charge in [-0.2, -0.15) is 0 Å². The molecule has 1 N–H and O–H groups in total. The lowest BCUT2D eigenvalue weighted by molar-refractivity contribution is -0.113. The molecule has 3 aromatic carbocycles. The van der Waals surface area contributed by atoms with Gasteiger partial charge in [-0.3, -0.25) is 4.79 Å². The molecule has 0 atom stereocenters. The summed E-state index contributed by atoms with van der Waals surface area (Å²) in [6.07, 6.45) is 0. The normalized spacial score (nSPS) is 11.1. The Morgan fingerprint density at radius 3 is 2.48 bits per heavy atom. The van der Waals surface area contributed by atoms with E-state index in [2.05, 4.69) is 34.3 Å². The first-order valence-corrected chi connectivity index (χ1v) is 11.7. The van der Waals surface area contributed by atoms with E-state index in [4.69, 9.17) is 0 Å². The number of amides is 1. The number of anilines is 1. The molecule has 5 rings (SSSR count). The first kappa shape index (κ1) is 19.7. The molecule has 0 aliphatic rings. The summed E-state index contributed by atoms with van der Waals surface area (Å²) in [5.74, 6) is 0.259. The Labute approximate surface area is 188 Å². The molecule has 0 aliphatic heterocycles. The number of thiazole rings is 1. The second-order valence-electron chi connectivity index (χ2n) is 7.20. The maximum Gasteiger partial charge on any atom is 0.234 e. The number of pyridine rings is 1. The minimum absolute atomic E-state index is 0.0506. The molecular weight excluding hydrogens is 422 g/mol. The molecule has 5 aromatic rings. The molecule has 1 amide bonds. The summed E-state index contributed by atoms with van der Waals surface area (Å²) in [5, 5.41) is 5.95. The van der Waals surface area contributed by atoms with E-state index >= 15 is 0 Å². The van der Waals surface area contributed by atoms with Crippen molar-refractivity contribution >= 4 is 55.8 Å². The Morgan fingerprint density at radius 1 is 0.935 bits per heavy atom. The van der Waals surface area contributed by atoms with E-state index in [-0.39, 0.29) is 5.91 Å². The largest absolute Gasteiger partial charge is 0.325 e. The molecule has 31 heavy (non-hydrogen) atoms. The van der Waals surface area contributed by atoms with Crippen molar-refractivity contribution in [3.63, 3.8) is 0 Å². The summed E-state index contributed by atoms with van der Waals surface area (Å²) in [4.78, 5) is 21.8.